The number of ether oxygens (including phenoxy) is 1. The van der Waals surface area contributed by atoms with Crippen molar-refractivity contribution in [1.29, 1.82) is 0 Å². The summed E-state index contributed by atoms with van der Waals surface area (Å²) in [6.07, 6.45) is 4.76. The highest BCUT2D eigenvalue weighted by atomic mass is 32.1. The fraction of sp³-hybridized carbons (Fsp3) is 0.500. The number of aromatic nitrogens is 2. The van der Waals surface area contributed by atoms with Gasteiger partial charge >= 0.3 is 0 Å². The van der Waals surface area contributed by atoms with E-state index in [-0.39, 0.29) is 0 Å². The van der Waals surface area contributed by atoms with Crippen LogP contribution in [0, 0.1) is 18.8 Å². The number of nitrogens with zero attached hydrogens (tertiary/aromatic N) is 2. The molecule has 0 radical (unpaired) electrons. The van der Waals surface area contributed by atoms with E-state index in [4.69, 9.17) is 4.74 Å². The van der Waals surface area contributed by atoms with Crippen molar-refractivity contribution in [2.24, 2.45) is 11.8 Å². The van der Waals surface area contributed by atoms with Crippen molar-refractivity contribution in [1.82, 2.24) is 9.97 Å². The van der Waals surface area contributed by atoms with E-state index in [1.54, 1.807) is 23.7 Å². The lowest BCUT2D eigenvalue weighted by atomic mass is 10.00. The molecule has 0 aromatic carbocycles. The molecule has 3 nitrogen and oxygen atoms in total. The van der Waals surface area contributed by atoms with Crippen LogP contribution in [0.1, 0.15) is 32.1 Å². The molecular formula is C16H22N2OS. The summed E-state index contributed by atoms with van der Waals surface area (Å²) in [5.74, 6) is 2.04. The van der Waals surface area contributed by atoms with Crippen LogP contribution in [-0.4, -0.2) is 16.6 Å². The summed E-state index contributed by atoms with van der Waals surface area (Å²) in [7, 11) is 0. The second-order valence-electron chi connectivity index (χ2n) is 5.66. The Morgan fingerprint density at radius 3 is 2.55 bits per heavy atom. The van der Waals surface area contributed by atoms with Gasteiger partial charge in [-0.2, -0.15) is 0 Å². The molecule has 0 saturated heterocycles. The van der Waals surface area contributed by atoms with E-state index in [1.165, 1.54) is 6.42 Å². The van der Waals surface area contributed by atoms with Crippen molar-refractivity contribution in [2.45, 2.75) is 34.1 Å². The first-order chi connectivity index (χ1) is 9.56. The third-order valence-corrected chi connectivity index (χ3v) is 4.06. The minimum absolute atomic E-state index is 0.556. The summed E-state index contributed by atoms with van der Waals surface area (Å²) in [6, 6.07) is 3.95. The molecule has 0 aliphatic carbocycles. The quantitative estimate of drug-likeness (QED) is 0.781. The zero-order chi connectivity index (χ0) is 14.5. The largest absolute Gasteiger partial charge is 0.477 e. The number of rotatable bonds is 6. The first-order valence-corrected chi connectivity index (χ1v) is 7.88. The zero-order valence-electron chi connectivity index (χ0n) is 12.6. The van der Waals surface area contributed by atoms with Gasteiger partial charge in [-0.25, -0.2) is 4.98 Å². The Morgan fingerprint density at radius 1 is 1.20 bits per heavy atom. The minimum atomic E-state index is 0.556. The van der Waals surface area contributed by atoms with Crippen molar-refractivity contribution >= 4 is 11.3 Å². The van der Waals surface area contributed by atoms with Gasteiger partial charge in [0.25, 0.3) is 0 Å². The molecule has 0 aliphatic rings. The van der Waals surface area contributed by atoms with Crippen LogP contribution < -0.4 is 4.74 Å². The number of hydrogen-bond acceptors (Lipinski definition) is 4. The molecule has 0 saturated carbocycles. The molecule has 0 bridgehead atoms. The number of aryl methyl sites for hydroxylation is 1. The van der Waals surface area contributed by atoms with Crippen molar-refractivity contribution < 1.29 is 4.74 Å². The third kappa shape index (κ3) is 4.04. The fourth-order valence-electron chi connectivity index (χ4n) is 2.23. The summed E-state index contributed by atoms with van der Waals surface area (Å²) in [4.78, 5) is 9.77. The van der Waals surface area contributed by atoms with E-state index in [1.807, 2.05) is 12.1 Å². The molecule has 1 unspecified atom stereocenters. The Labute approximate surface area is 125 Å². The minimum Gasteiger partial charge on any atom is -0.477 e. The van der Waals surface area contributed by atoms with Crippen LogP contribution in [0.15, 0.2) is 24.5 Å². The predicted octanol–water partition coefficient (Wildman–Crippen LogP) is 4.57. The standard InChI is InChI=1S/C16H22N2OS/c1-11(2)9-12(3)10-19-15-13(4)20-16(18-15)14-5-7-17-8-6-14/h5-8,11-12H,9-10H2,1-4H3. The van der Waals surface area contributed by atoms with Gasteiger partial charge in [-0.15, -0.1) is 11.3 Å². The molecule has 108 valence electrons. The molecule has 0 aliphatic heterocycles. The van der Waals surface area contributed by atoms with E-state index in [0.717, 1.165) is 27.9 Å². The summed E-state index contributed by atoms with van der Waals surface area (Å²) < 4.78 is 5.89. The second kappa shape index (κ2) is 6.84. The average molecular weight is 290 g/mol. The van der Waals surface area contributed by atoms with E-state index in [9.17, 15) is 0 Å². The Bertz CT molecular complexity index is 537. The Kier molecular flexibility index (Phi) is 5.12. The number of pyridine rings is 1. The highest BCUT2D eigenvalue weighted by molar-refractivity contribution is 7.15. The molecule has 0 amide bonds. The molecule has 0 fully saturated rings. The topological polar surface area (TPSA) is 35.0 Å². The summed E-state index contributed by atoms with van der Waals surface area (Å²) in [5, 5.41) is 0.997. The highest BCUT2D eigenvalue weighted by Crippen LogP contribution is 2.31. The first kappa shape index (κ1) is 15.0. The van der Waals surface area contributed by atoms with E-state index in [2.05, 4.69) is 37.7 Å². The van der Waals surface area contributed by atoms with E-state index < -0.39 is 0 Å². The van der Waals surface area contributed by atoms with Gasteiger partial charge in [0.2, 0.25) is 5.88 Å². The molecule has 2 heterocycles. The second-order valence-corrected chi connectivity index (χ2v) is 6.87. The molecule has 1 atom stereocenters. The molecule has 4 heteroatoms. The predicted molar refractivity (Wildman–Crippen MR) is 84.2 cm³/mol. The zero-order valence-corrected chi connectivity index (χ0v) is 13.4. The molecule has 2 aromatic heterocycles. The van der Waals surface area contributed by atoms with Crippen LogP contribution in [0.4, 0.5) is 0 Å². The van der Waals surface area contributed by atoms with Gasteiger partial charge in [0.15, 0.2) is 0 Å². The maximum absolute atomic E-state index is 5.89. The van der Waals surface area contributed by atoms with Crippen LogP contribution in [0.2, 0.25) is 0 Å². The summed E-state index contributed by atoms with van der Waals surface area (Å²) in [5.41, 5.74) is 1.10. The fourth-order valence-corrected chi connectivity index (χ4v) is 3.09. The van der Waals surface area contributed by atoms with Gasteiger partial charge in [0.1, 0.15) is 5.01 Å². The van der Waals surface area contributed by atoms with Crippen molar-refractivity contribution in [2.75, 3.05) is 6.61 Å². The van der Waals surface area contributed by atoms with Gasteiger partial charge in [-0.05, 0) is 37.3 Å². The Hall–Kier alpha value is -1.42. The first-order valence-electron chi connectivity index (χ1n) is 7.07. The SMILES string of the molecule is Cc1sc(-c2ccncc2)nc1OCC(C)CC(C)C. The Balaban J connectivity index is 2.01. The number of thiazole rings is 1. The van der Waals surface area contributed by atoms with Crippen LogP contribution in [0.5, 0.6) is 5.88 Å². The maximum Gasteiger partial charge on any atom is 0.228 e. The molecule has 2 rings (SSSR count). The van der Waals surface area contributed by atoms with E-state index in [0.29, 0.717) is 11.8 Å². The van der Waals surface area contributed by atoms with Crippen molar-refractivity contribution in [3.8, 4) is 16.5 Å². The summed E-state index contributed by atoms with van der Waals surface area (Å²) in [6.45, 7) is 9.51. The molecule has 20 heavy (non-hydrogen) atoms. The maximum atomic E-state index is 5.89. The van der Waals surface area contributed by atoms with Crippen LogP contribution >= 0.6 is 11.3 Å². The molecular weight excluding hydrogens is 268 g/mol. The van der Waals surface area contributed by atoms with Crippen LogP contribution in [0.25, 0.3) is 10.6 Å². The van der Waals surface area contributed by atoms with Gasteiger partial charge in [-0.3, -0.25) is 4.98 Å². The molecule has 0 spiro atoms. The third-order valence-electron chi connectivity index (χ3n) is 3.06. The highest BCUT2D eigenvalue weighted by Gasteiger charge is 2.12. The van der Waals surface area contributed by atoms with Gasteiger partial charge < -0.3 is 4.74 Å². The lowest BCUT2D eigenvalue weighted by Crippen LogP contribution is -2.11. The average Bonchev–Trinajstić information content (AvgIpc) is 2.78. The van der Waals surface area contributed by atoms with Gasteiger partial charge in [0, 0.05) is 18.0 Å². The lowest BCUT2D eigenvalue weighted by molar-refractivity contribution is 0.231. The summed E-state index contributed by atoms with van der Waals surface area (Å²) >= 11 is 1.67. The van der Waals surface area contributed by atoms with Crippen LogP contribution in [0.3, 0.4) is 0 Å². The molecule has 2 aromatic rings. The van der Waals surface area contributed by atoms with Crippen LogP contribution in [-0.2, 0) is 0 Å². The smallest absolute Gasteiger partial charge is 0.228 e. The van der Waals surface area contributed by atoms with Crippen molar-refractivity contribution in [3.63, 3.8) is 0 Å². The monoisotopic (exact) mass is 290 g/mol. The van der Waals surface area contributed by atoms with Crippen molar-refractivity contribution in [3.05, 3.63) is 29.4 Å². The lowest BCUT2D eigenvalue weighted by Gasteiger charge is -2.14. The van der Waals surface area contributed by atoms with Gasteiger partial charge in [-0.1, -0.05) is 20.8 Å². The normalized spacial score (nSPS) is 12.7. The number of hydrogen-bond donors (Lipinski definition) is 0. The Morgan fingerprint density at radius 2 is 1.90 bits per heavy atom. The van der Waals surface area contributed by atoms with E-state index >= 15 is 0 Å². The molecule has 0 N–H and O–H groups in total. The van der Waals surface area contributed by atoms with Gasteiger partial charge in [0.05, 0.1) is 11.5 Å².